The molecule has 0 atom stereocenters. The molecule has 4 rings (SSSR count). The van der Waals surface area contributed by atoms with Crippen molar-refractivity contribution < 1.29 is 22.7 Å². The molecule has 2 aromatic heterocycles. The van der Waals surface area contributed by atoms with E-state index in [1.165, 1.54) is 0 Å². The van der Waals surface area contributed by atoms with Gasteiger partial charge in [0.05, 0.1) is 11.0 Å². The summed E-state index contributed by atoms with van der Waals surface area (Å²) in [7, 11) is 0. The Morgan fingerprint density at radius 2 is 1.77 bits per heavy atom. The maximum Gasteiger partial charge on any atom is 0.491 e. The summed E-state index contributed by atoms with van der Waals surface area (Å²) in [6.07, 6.45) is -5.13. The summed E-state index contributed by atoms with van der Waals surface area (Å²) >= 11 is 0. The number of halogens is 3. The topological polar surface area (TPSA) is 80.8 Å². The Hall–Kier alpha value is -3.49. The molecule has 26 heavy (non-hydrogen) atoms. The van der Waals surface area contributed by atoms with E-state index in [2.05, 4.69) is 25.1 Å². The predicted octanol–water partition coefficient (Wildman–Crippen LogP) is 3.64. The number of alkyl halides is 3. The molecule has 0 saturated heterocycles. The van der Waals surface area contributed by atoms with Gasteiger partial charge in [0.2, 0.25) is 0 Å². The number of fused-ring (bicyclic) bond motifs is 3. The largest absolute Gasteiger partial charge is 0.491 e. The van der Waals surface area contributed by atoms with Gasteiger partial charge in [0.15, 0.2) is 5.52 Å². The van der Waals surface area contributed by atoms with E-state index in [1.807, 2.05) is 42.5 Å². The van der Waals surface area contributed by atoms with Crippen molar-refractivity contribution in [3.8, 4) is 17.0 Å². The Morgan fingerprint density at radius 1 is 1.00 bits per heavy atom. The third-order valence-electron chi connectivity index (χ3n) is 3.76. The average molecular weight is 358 g/mol. The maximum atomic E-state index is 12.4. The number of nitrogens with zero attached hydrogens (tertiary/aromatic N) is 3. The van der Waals surface area contributed by atoms with E-state index in [9.17, 15) is 18.0 Å². The van der Waals surface area contributed by atoms with Crippen molar-refractivity contribution in [2.24, 2.45) is 0 Å². The fourth-order valence-corrected chi connectivity index (χ4v) is 2.55. The molecular formula is C17H9F3N4O2. The fraction of sp³-hybridized carbons (Fsp3) is 0.0588. The number of carbonyl (C=O) groups is 1. The van der Waals surface area contributed by atoms with Gasteiger partial charge < -0.3 is 4.74 Å². The van der Waals surface area contributed by atoms with Crippen LogP contribution in [0.1, 0.15) is 0 Å². The van der Waals surface area contributed by atoms with E-state index in [0.29, 0.717) is 16.4 Å². The molecule has 0 spiro atoms. The quantitative estimate of drug-likeness (QED) is 0.553. The van der Waals surface area contributed by atoms with Gasteiger partial charge in [-0.05, 0) is 23.3 Å². The van der Waals surface area contributed by atoms with Crippen LogP contribution in [0.5, 0.6) is 5.88 Å². The Morgan fingerprint density at radius 3 is 2.50 bits per heavy atom. The number of hydrogen-bond donors (Lipinski definition) is 1. The number of nitrogens with one attached hydrogen (secondary N) is 1. The normalized spacial score (nSPS) is 11.8. The number of hydrogen-bond acceptors (Lipinski definition) is 5. The first-order valence-corrected chi connectivity index (χ1v) is 7.42. The van der Waals surface area contributed by atoms with Crippen LogP contribution >= 0.6 is 0 Å². The minimum Gasteiger partial charge on any atom is -0.397 e. The molecule has 1 N–H and O–H groups in total. The number of benzene rings is 2. The maximum absolute atomic E-state index is 12.4. The lowest BCUT2D eigenvalue weighted by atomic mass is 10.0. The molecule has 130 valence electrons. The van der Waals surface area contributed by atoms with Crippen molar-refractivity contribution in [2.45, 2.75) is 6.18 Å². The van der Waals surface area contributed by atoms with E-state index < -0.39 is 18.0 Å². The van der Waals surface area contributed by atoms with Gasteiger partial charge in [0, 0.05) is 5.39 Å². The Labute approximate surface area is 143 Å². The summed E-state index contributed by atoms with van der Waals surface area (Å²) in [5.74, 6) is -2.94. The van der Waals surface area contributed by atoms with Crippen LogP contribution in [-0.2, 0) is 4.79 Å². The van der Waals surface area contributed by atoms with Crippen LogP contribution in [0.25, 0.3) is 33.1 Å². The molecule has 0 amide bonds. The highest BCUT2D eigenvalue weighted by Gasteiger charge is 2.42. The van der Waals surface area contributed by atoms with Crippen molar-refractivity contribution in [2.75, 3.05) is 0 Å². The number of aromatic amines is 1. The number of carbonyl (C=O) groups excluding carboxylic acids is 1. The first-order valence-electron chi connectivity index (χ1n) is 7.42. The number of H-pyrrole nitrogens is 1. The highest BCUT2D eigenvalue weighted by Crippen LogP contribution is 2.30. The SMILES string of the molecule is O=C(Oc1n[nH]c2c1nnc1ccc(-c3ccccc3)cc12)C(F)(F)F. The highest BCUT2D eigenvalue weighted by molar-refractivity contribution is 6.04. The van der Waals surface area contributed by atoms with Gasteiger partial charge in [-0.2, -0.15) is 13.2 Å². The highest BCUT2D eigenvalue weighted by atomic mass is 19.4. The minimum absolute atomic E-state index is 0.0553. The molecule has 2 aromatic carbocycles. The molecule has 0 aliphatic heterocycles. The summed E-state index contributed by atoms with van der Waals surface area (Å²) in [6.45, 7) is 0. The summed E-state index contributed by atoms with van der Waals surface area (Å²) in [4.78, 5) is 11.0. The lowest BCUT2D eigenvalue weighted by Crippen LogP contribution is -2.28. The predicted molar refractivity (Wildman–Crippen MR) is 86.3 cm³/mol. The summed E-state index contributed by atoms with van der Waals surface area (Å²) in [5.41, 5.74) is 2.64. The van der Waals surface area contributed by atoms with Crippen LogP contribution in [-0.4, -0.2) is 32.5 Å². The molecule has 4 aromatic rings. The number of esters is 1. The van der Waals surface area contributed by atoms with Crippen molar-refractivity contribution >= 4 is 27.9 Å². The van der Waals surface area contributed by atoms with E-state index in [-0.39, 0.29) is 5.52 Å². The average Bonchev–Trinajstić information content (AvgIpc) is 3.04. The molecule has 0 aliphatic rings. The summed E-state index contributed by atoms with van der Waals surface area (Å²) in [6, 6.07) is 15.0. The van der Waals surface area contributed by atoms with Gasteiger partial charge in [-0.15, -0.1) is 15.3 Å². The van der Waals surface area contributed by atoms with Gasteiger partial charge >= 0.3 is 12.1 Å². The number of aromatic nitrogens is 4. The van der Waals surface area contributed by atoms with Crippen molar-refractivity contribution in [1.29, 1.82) is 0 Å². The first-order chi connectivity index (χ1) is 12.4. The Balaban J connectivity index is 1.83. The lowest BCUT2D eigenvalue weighted by molar-refractivity contribution is -0.189. The second kappa shape index (κ2) is 5.80. The molecule has 0 aliphatic carbocycles. The van der Waals surface area contributed by atoms with E-state index >= 15 is 0 Å². The monoisotopic (exact) mass is 358 g/mol. The molecule has 2 heterocycles. The standard InChI is InChI=1S/C17H9F3N4O2/c18-17(19,20)16(25)26-15-14-13(22-24-15)11-8-10(6-7-12(11)21-23-14)9-4-2-1-3-5-9/h1-8H,(H,22,24). The third kappa shape index (κ3) is 2.73. The van der Waals surface area contributed by atoms with Gasteiger partial charge in [-0.3, -0.25) is 5.10 Å². The molecule has 0 unspecified atom stereocenters. The van der Waals surface area contributed by atoms with Gasteiger partial charge in [-0.1, -0.05) is 36.4 Å². The van der Waals surface area contributed by atoms with Crippen molar-refractivity contribution in [1.82, 2.24) is 20.4 Å². The van der Waals surface area contributed by atoms with Crippen LogP contribution in [0, 0.1) is 0 Å². The van der Waals surface area contributed by atoms with E-state index in [1.54, 1.807) is 6.07 Å². The molecule has 0 saturated carbocycles. The zero-order chi connectivity index (χ0) is 18.3. The van der Waals surface area contributed by atoms with Crippen LogP contribution in [0.3, 0.4) is 0 Å². The van der Waals surface area contributed by atoms with Crippen LogP contribution < -0.4 is 4.74 Å². The van der Waals surface area contributed by atoms with Gasteiger partial charge in [-0.25, -0.2) is 4.79 Å². The molecule has 0 radical (unpaired) electrons. The second-order valence-corrected chi connectivity index (χ2v) is 5.44. The summed E-state index contributed by atoms with van der Waals surface area (Å²) in [5, 5.41) is 14.6. The Bertz CT molecular complexity index is 1120. The van der Waals surface area contributed by atoms with Gasteiger partial charge in [0.25, 0.3) is 5.88 Å². The Kier molecular flexibility index (Phi) is 3.57. The van der Waals surface area contributed by atoms with Crippen LogP contribution in [0.2, 0.25) is 0 Å². The lowest BCUT2D eigenvalue weighted by Gasteiger charge is -2.05. The van der Waals surface area contributed by atoms with Crippen molar-refractivity contribution in [3.63, 3.8) is 0 Å². The molecular weight excluding hydrogens is 349 g/mol. The van der Waals surface area contributed by atoms with Crippen LogP contribution in [0.4, 0.5) is 13.2 Å². The summed E-state index contributed by atoms with van der Waals surface area (Å²) < 4.78 is 41.4. The zero-order valence-corrected chi connectivity index (χ0v) is 12.9. The first kappa shape index (κ1) is 16.0. The smallest absolute Gasteiger partial charge is 0.397 e. The zero-order valence-electron chi connectivity index (χ0n) is 12.9. The third-order valence-corrected chi connectivity index (χ3v) is 3.76. The molecule has 6 nitrogen and oxygen atoms in total. The van der Waals surface area contributed by atoms with E-state index in [4.69, 9.17) is 0 Å². The number of rotatable bonds is 2. The molecule has 0 bridgehead atoms. The van der Waals surface area contributed by atoms with Crippen LogP contribution in [0.15, 0.2) is 48.5 Å². The van der Waals surface area contributed by atoms with E-state index in [0.717, 1.165) is 11.1 Å². The fourth-order valence-electron chi connectivity index (χ4n) is 2.55. The van der Waals surface area contributed by atoms with Crippen molar-refractivity contribution in [3.05, 3.63) is 48.5 Å². The van der Waals surface area contributed by atoms with Gasteiger partial charge in [0.1, 0.15) is 0 Å². The number of ether oxygens (including phenoxy) is 1. The minimum atomic E-state index is -5.13. The second-order valence-electron chi connectivity index (χ2n) is 5.44. The molecule has 0 fully saturated rings. The molecule has 9 heteroatoms.